The van der Waals surface area contributed by atoms with Crippen molar-refractivity contribution >= 4 is 11.9 Å². The van der Waals surface area contributed by atoms with Gasteiger partial charge in [-0.1, -0.05) is 18.2 Å². The Morgan fingerprint density at radius 3 is 2.37 bits per heavy atom. The molecular formula is C20H23NO6. The number of amides is 1. The van der Waals surface area contributed by atoms with Crippen molar-refractivity contribution in [2.75, 3.05) is 19.8 Å². The highest BCUT2D eigenvalue weighted by atomic mass is 16.5. The molecule has 0 aliphatic carbocycles. The van der Waals surface area contributed by atoms with Crippen LogP contribution in [0.2, 0.25) is 0 Å². The Hall–Kier alpha value is -3.22. The number of carboxylic acids is 1. The van der Waals surface area contributed by atoms with E-state index in [2.05, 4.69) is 5.32 Å². The van der Waals surface area contributed by atoms with Crippen molar-refractivity contribution in [3.63, 3.8) is 0 Å². The van der Waals surface area contributed by atoms with Gasteiger partial charge < -0.3 is 24.6 Å². The molecule has 2 aromatic carbocycles. The highest BCUT2D eigenvalue weighted by molar-refractivity contribution is 5.97. The van der Waals surface area contributed by atoms with Crippen molar-refractivity contribution in [3.05, 3.63) is 54.1 Å². The smallest absolute Gasteiger partial charge is 0.325 e. The zero-order chi connectivity index (χ0) is 19.6. The lowest BCUT2D eigenvalue weighted by Gasteiger charge is -2.14. The highest BCUT2D eigenvalue weighted by Crippen LogP contribution is 2.28. The van der Waals surface area contributed by atoms with Gasteiger partial charge in [-0.25, -0.2) is 0 Å². The van der Waals surface area contributed by atoms with Crippen LogP contribution in [0.3, 0.4) is 0 Å². The second kappa shape index (κ2) is 10.1. The zero-order valence-electron chi connectivity index (χ0n) is 15.3. The number of carbonyl (C=O) groups excluding carboxylic acids is 1. The molecule has 27 heavy (non-hydrogen) atoms. The first-order valence-electron chi connectivity index (χ1n) is 8.62. The normalized spacial score (nSPS) is 11.3. The van der Waals surface area contributed by atoms with E-state index in [1.165, 1.54) is 13.0 Å². The minimum Gasteiger partial charge on any atom is -0.490 e. The van der Waals surface area contributed by atoms with Crippen molar-refractivity contribution in [2.24, 2.45) is 0 Å². The first-order chi connectivity index (χ1) is 13.0. The fourth-order valence-corrected chi connectivity index (χ4v) is 2.21. The van der Waals surface area contributed by atoms with Crippen LogP contribution in [0.1, 0.15) is 24.2 Å². The third kappa shape index (κ3) is 6.22. The van der Waals surface area contributed by atoms with Crippen molar-refractivity contribution < 1.29 is 28.9 Å². The number of aliphatic carboxylic acids is 1. The van der Waals surface area contributed by atoms with Crippen molar-refractivity contribution in [2.45, 2.75) is 19.9 Å². The second-order valence-corrected chi connectivity index (χ2v) is 5.64. The third-order valence-electron chi connectivity index (χ3n) is 3.58. The molecule has 0 saturated heterocycles. The largest absolute Gasteiger partial charge is 0.490 e. The van der Waals surface area contributed by atoms with Crippen LogP contribution in [0.4, 0.5) is 0 Å². The molecule has 0 saturated carbocycles. The summed E-state index contributed by atoms with van der Waals surface area (Å²) in [7, 11) is 0. The topological polar surface area (TPSA) is 94.1 Å². The molecule has 144 valence electrons. The van der Waals surface area contributed by atoms with E-state index in [9.17, 15) is 9.59 Å². The number of carboxylic acid groups (broad SMARTS) is 1. The second-order valence-electron chi connectivity index (χ2n) is 5.64. The quantitative estimate of drug-likeness (QED) is 0.622. The molecule has 0 radical (unpaired) electrons. The molecule has 2 N–H and O–H groups in total. The number of hydrogen-bond donors (Lipinski definition) is 2. The van der Waals surface area contributed by atoms with Gasteiger partial charge in [0.15, 0.2) is 11.5 Å². The van der Waals surface area contributed by atoms with Gasteiger partial charge >= 0.3 is 5.97 Å². The SMILES string of the molecule is CCOc1cc(C(=O)NC(C)C(=O)O)ccc1OCCOc1ccccc1. The van der Waals surface area contributed by atoms with Crippen molar-refractivity contribution in [1.29, 1.82) is 0 Å². The van der Waals surface area contributed by atoms with Crippen LogP contribution in [0, 0.1) is 0 Å². The molecule has 1 atom stereocenters. The van der Waals surface area contributed by atoms with Gasteiger partial charge in [-0.3, -0.25) is 9.59 Å². The molecule has 0 aliphatic rings. The Morgan fingerprint density at radius 1 is 1.00 bits per heavy atom. The molecule has 1 unspecified atom stereocenters. The number of para-hydroxylation sites is 1. The number of hydrogen-bond acceptors (Lipinski definition) is 5. The predicted octanol–water partition coefficient (Wildman–Crippen LogP) is 2.75. The minimum atomic E-state index is -1.10. The maximum Gasteiger partial charge on any atom is 0.325 e. The molecule has 0 spiro atoms. The van der Waals surface area contributed by atoms with Crippen LogP contribution in [-0.4, -0.2) is 42.8 Å². The molecule has 0 aromatic heterocycles. The Balaban J connectivity index is 1.97. The van der Waals surface area contributed by atoms with Gasteiger partial charge in [0, 0.05) is 5.56 Å². The summed E-state index contributed by atoms with van der Waals surface area (Å²) in [6, 6.07) is 13.1. The first-order valence-corrected chi connectivity index (χ1v) is 8.62. The van der Waals surface area contributed by atoms with Crippen LogP contribution in [0.15, 0.2) is 48.5 Å². The molecular weight excluding hydrogens is 350 g/mol. The predicted molar refractivity (Wildman–Crippen MR) is 99.6 cm³/mol. The maximum absolute atomic E-state index is 12.2. The van der Waals surface area contributed by atoms with Crippen molar-refractivity contribution in [3.8, 4) is 17.2 Å². The van der Waals surface area contributed by atoms with E-state index >= 15 is 0 Å². The van der Waals surface area contributed by atoms with E-state index in [4.69, 9.17) is 19.3 Å². The Kier molecular flexibility index (Phi) is 7.49. The van der Waals surface area contributed by atoms with E-state index in [-0.39, 0.29) is 0 Å². The number of ether oxygens (including phenoxy) is 3. The van der Waals surface area contributed by atoms with E-state index in [1.54, 1.807) is 12.1 Å². The molecule has 0 aliphatic heterocycles. The number of carbonyl (C=O) groups is 2. The van der Waals surface area contributed by atoms with Gasteiger partial charge in [0.05, 0.1) is 6.61 Å². The molecule has 2 aromatic rings. The van der Waals surface area contributed by atoms with Crippen LogP contribution in [0.25, 0.3) is 0 Å². The summed E-state index contributed by atoms with van der Waals surface area (Å²) in [6.45, 7) is 4.27. The van der Waals surface area contributed by atoms with Gasteiger partial charge in [-0.15, -0.1) is 0 Å². The van der Waals surface area contributed by atoms with Crippen LogP contribution in [-0.2, 0) is 4.79 Å². The summed E-state index contributed by atoms with van der Waals surface area (Å²) >= 11 is 0. The number of benzene rings is 2. The van der Waals surface area contributed by atoms with Crippen LogP contribution >= 0.6 is 0 Å². The van der Waals surface area contributed by atoms with E-state index in [0.717, 1.165) is 5.75 Å². The van der Waals surface area contributed by atoms with Gasteiger partial charge in [-0.2, -0.15) is 0 Å². The van der Waals surface area contributed by atoms with Crippen molar-refractivity contribution in [1.82, 2.24) is 5.32 Å². The Labute approximate surface area is 157 Å². The molecule has 0 bridgehead atoms. The average Bonchev–Trinajstić information content (AvgIpc) is 2.67. The molecule has 7 nitrogen and oxygen atoms in total. The maximum atomic E-state index is 12.2. The fraction of sp³-hybridized carbons (Fsp3) is 0.300. The van der Waals surface area contributed by atoms with Crippen LogP contribution < -0.4 is 19.5 Å². The van der Waals surface area contributed by atoms with E-state index in [1.807, 2.05) is 37.3 Å². The Morgan fingerprint density at radius 2 is 1.70 bits per heavy atom. The molecule has 1 amide bonds. The molecule has 2 rings (SSSR count). The summed E-state index contributed by atoms with van der Waals surface area (Å²) in [6.07, 6.45) is 0. The molecule has 0 fully saturated rings. The summed E-state index contributed by atoms with van der Waals surface area (Å²) < 4.78 is 16.8. The van der Waals surface area contributed by atoms with E-state index < -0.39 is 17.9 Å². The third-order valence-corrected chi connectivity index (χ3v) is 3.58. The summed E-state index contributed by atoms with van der Waals surface area (Å²) in [5.41, 5.74) is 0.291. The molecule has 7 heteroatoms. The Bertz CT molecular complexity index is 762. The van der Waals surface area contributed by atoms with Gasteiger partial charge in [-0.05, 0) is 44.2 Å². The van der Waals surface area contributed by atoms with Gasteiger partial charge in [0.25, 0.3) is 5.91 Å². The van der Waals surface area contributed by atoms with Gasteiger partial charge in [0.2, 0.25) is 0 Å². The zero-order valence-corrected chi connectivity index (χ0v) is 15.3. The summed E-state index contributed by atoms with van der Waals surface area (Å²) in [5, 5.41) is 11.3. The standard InChI is InChI=1S/C20H23NO6/c1-3-25-18-13-15(19(22)21-14(2)20(23)24)9-10-17(18)27-12-11-26-16-7-5-4-6-8-16/h4-10,13-14H,3,11-12H2,1-2H3,(H,21,22)(H,23,24). The fourth-order valence-electron chi connectivity index (χ4n) is 2.21. The van der Waals surface area contributed by atoms with Crippen LogP contribution in [0.5, 0.6) is 17.2 Å². The van der Waals surface area contributed by atoms with E-state index in [0.29, 0.717) is 36.9 Å². The lowest BCUT2D eigenvalue weighted by atomic mass is 10.1. The number of rotatable bonds is 10. The monoisotopic (exact) mass is 373 g/mol. The number of nitrogens with one attached hydrogen (secondary N) is 1. The highest BCUT2D eigenvalue weighted by Gasteiger charge is 2.17. The molecule has 0 heterocycles. The summed E-state index contributed by atoms with van der Waals surface area (Å²) in [4.78, 5) is 23.0. The summed E-state index contributed by atoms with van der Waals surface area (Å²) in [5.74, 6) is 0.0476. The minimum absolute atomic E-state index is 0.291. The average molecular weight is 373 g/mol. The first kappa shape index (κ1) is 20.1. The lowest BCUT2D eigenvalue weighted by Crippen LogP contribution is -2.38. The van der Waals surface area contributed by atoms with Gasteiger partial charge in [0.1, 0.15) is 25.0 Å². The lowest BCUT2D eigenvalue weighted by molar-refractivity contribution is -0.138.